The number of oxime groups is 1. The van der Waals surface area contributed by atoms with Crippen molar-refractivity contribution in [3.8, 4) is 0 Å². The number of rotatable bonds is 3. The minimum Gasteiger partial charge on any atom is -0.400 e. The first-order valence-corrected chi connectivity index (χ1v) is 4.43. The average molecular weight is 234 g/mol. The van der Waals surface area contributed by atoms with Crippen LogP contribution < -0.4 is 10.7 Å². The molecule has 0 aliphatic rings. The largest absolute Gasteiger partial charge is 0.400 e. The average Bonchev–Trinajstić information content (AvgIpc) is 2.33. The molecule has 0 saturated heterocycles. The molecule has 0 aliphatic carbocycles. The molecule has 0 aromatic rings. The van der Waals surface area contributed by atoms with Crippen LogP contribution >= 0.6 is 0 Å². The van der Waals surface area contributed by atoms with Gasteiger partial charge in [0.25, 0.3) is 0 Å². The van der Waals surface area contributed by atoms with Gasteiger partial charge in [-0.1, -0.05) is 13.8 Å². The molecular weight excluding hydrogens is 212 g/mol. The molecule has 0 bridgehead atoms. The SMILES string of the molecule is C=NNC=O.C=NOC.CC.CNC(C)=O. The van der Waals surface area contributed by atoms with Crippen molar-refractivity contribution in [1.29, 1.82) is 0 Å². The second-order valence-electron chi connectivity index (χ2n) is 1.52. The van der Waals surface area contributed by atoms with Gasteiger partial charge in [0.15, 0.2) is 0 Å². The number of amides is 2. The predicted molar refractivity (Wildman–Crippen MR) is 66.4 cm³/mol. The maximum Gasteiger partial charge on any atom is 0.227 e. The second-order valence-corrected chi connectivity index (χ2v) is 1.52. The van der Waals surface area contributed by atoms with Crippen LogP contribution in [0, 0.1) is 0 Å². The molecule has 16 heavy (non-hydrogen) atoms. The van der Waals surface area contributed by atoms with Crippen LogP contribution in [-0.2, 0) is 14.4 Å². The maximum absolute atomic E-state index is 9.70. The van der Waals surface area contributed by atoms with Gasteiger partial charge in [-0.05, 0) is 0 Å². The van der Waals surface area contributed by atoms with Gasteiger partial charge >= 0.3 is 0 Å². The highest BCUT2D eigenvalue weighted by Crippen LogP contribution is 1.50. The third-order valence-electron chi connectivity index (χ3n) is 0.625. The molecule has 0 spiro atoms. The molecule has 0 saturated carbocycles. The fourth-order valence-electron chi connectivity index (χ4n) is 0.0373. The van der Waals surface area contributed by atoms with E-state index < -0.39 is 0 Å². The van der Waals surface area contributed by atoms with Crippen molar-refractivity contribution >= 4 is 25.8 Å². The molecule has 96 valence electrons. The highest BCUT2D eigenvalue weighted by molar-refractivity contribution is 5.72. The summed E-state index contributed by atoms with van der Waals surface area (Å²) >= 11 is 0. The van der Waals surface area contributed by atoms with Gasteiger partial charge in [0.2, 0.25) is 12.3 Å². The fraction of sp³-hybridized carbons (Fsp3) is 0.556. The summed E-state index contributed by atoms with van der Waals surface area (Å²) in [4.78, 5) is 22.9. The van der Waals surface area contributed by atoms with Gasteiger partial charge in [-0.2, -0.15) is 5.10 Å². The van der Waals surface area contributed by atoms with Crippen LogP contribution in [0.15, 0.2) is 10.3 Å². The van der Waals surface area contributed by atoms with Gasteiger partial charge in [-0.25, -0.2) is 0 Å². The monoisotopic (exact) mass is 234 g/mol. The number of hydrazone groups is 1. The van der Waals surface area contributed by atoms with E-state index in [4.69, 9.17) is 4.79 Å². The smallest absolute Gasteiger partial charge is 0.227 e. The topological polar surface area (TPSA) is 92.2 Å². The number of hydrogen-bond acceptors (Lipinski definition) is 5. The van der Waals surface area contributed by atoms with Crippen LogP contribution in [0.3, 0.4) is 0 Å². The molecule has 2 N–H and O–H groups in total. The Morgan fingerprint density at radius 3 is 1.69 bits per heavy atom. The van der Waals surface area contributed by atoms with Gasteiger partial charge in [0.05, 0.1) is 0 Å². The summed E-state index contributed by atoms with van der Waals surface area (Å²) in [6.45, 7) is 11.4. The lowest BCUT2D eigenvalue weighted by Gasteiger charge is -1.80. The predicted octanol–water partition coefficient (Wildman–Crippen LogP) is 0.375. The standard InChI is InChI=1S/C3H7NO.C2H4N2O.C2H5NO.C2H6/c1-3(5)4-2;1-3-4-2-5;1-3-4-2;1-2/h1-2H3,(H,4,5);2H,1H2,(H,4,5);1H2,2H3;1-2H3. The van der Waals surface area contributed by atoms with Gasteiger partial charge in [0, 0.05) is 27.4 Å². The lowest BCUT2D eigenvalue weighted by atomic mass is 10.7. The van der Waals surface area contributed by atoms with E-state index in [2.05, 4.69) is 33.8 Å². The van der Waals surface area contributed by atoms with Crippen molar-refractivity contribution in [3.63, 3.8) is 0 Å². The molecule has 2 amide bonds. The Hall–Kier alpha value is -1.92. The Morgan fingerprint density at radius 2 is 1.69 bits per heavy atom. The summed E-state index contributed by atoms with van der Waals surface area (Å²) in [6.07, 6.45) is 0.451. The van der Waals surface area contributed by atoms with Crippen LogP contribution in [0.4, 0.5) is 0 Å². The summed E-state index contributed by atoms with van der Waals surface area (Å²) in [7, 11) is 3.05. The Balaban J connectivity index is -0.0000000629. The van der Waals surface area contributed by atoms with E-state index in [-0.39, 0.29) is 5.91 Å². The van der Waals surface area contributed by atoms with Crippen LogP contribution in [0.2, 0.25) is 0 Å². The first-order chi connectivity index (χ1) is 7.60. The Bertz CT molecular complexity index is 157. The van der Waals surface area contributed by atoms with Crippen molar-refractivity contribution in [2.24, 2.45) is 10.3 Å². The van der Waals surface area contributed by atoms with Crippen LogP contribution in [0.25, 0.3) is 0 Å². The van der Waals surface area contributed by atoms with E-state index >= 15 is 0 Å². The van der Waals surface area contributed by atoms with Crippen molar-refractivity contribution in [2.75, 3.05) is 14.2 Å². The molecule has 7 nitrogen and oxygen atoms in total. The maximum atomic E-state index is 9.70. The van der Waals surface area contributed by atoms with E-state index in [0.717, 1.165) is 0 Å². The molecule has 0 fully saturated rings. The molecule has 0 aliphatic heterocycles. The van der Waals surface area contributed by atoms with Crippen molar-refractivity contribution in [2.45, 2.75) is 20.8 Å². The number of carbonyl (C=O) groups excluding carboxylic acids is 2. The van der Waals surface area contributed by atoms with Crippen LogP contribution in [0.1, 0.15) is 20.8 Å². The minimum absolute atomic E-state index is 0.00463. The van der Waals surface area contributed by atoms with Crippen molar-refractivity contribution in [3.05, 3.63) is 0 Å². The number of nitrogens with zero attached hydrogens (tertiary/aromatic N) is 2. The Labute approximate surface area is 96.9 Å². The summed E-state index contributed by atoms with van der Waals surface area (Å²) < 4.78 is 0. The molecular formula is C9H22N4O3. The molecule has 0 heterocycles. The molecule has 7 heteroatoms. The normalized spacial score (nSPS) is 5.56. The number of nitrogens with one attached hydrogen (secondary N) is 2. The summed E-state index contributed by atoms with van der Waals surface area (Å²) in [5.74, 6) is 0.00463. The first-order valence-electron chi connectivity index (χ1n) is 4.43. The molecule has 0 rings (SSSR count). The van der Waals surface area contributed by atoms with Gasteiger partial charge in [0.1, 0.15) is 7.11 Å². The zero-order chi connectivity index (χ0) is 13.8. The second kappa shape index (κ2) is 38.1. The van der Waals surface area contributed by atoms with E-state index in [0.29, 0.717) is 6.41 Å². The molecule has 0 aromatic heterocycles. The molecule has 0 atom stereocenters. The summed E-state index contributed by atoms with van der Waals surface area (Å²) in [5.41, 5.74) is 1.94. The zero-order valence-corrected chi connectivity index (χ0v) is 10.6. The quantitative estimate of drug-likeness (QED) is 0.420. The van der Waals surface area contributed by atoms with E-state index in [1.807, 2.05) is 19.3 Å². The highest BCUT2D eigenvalue weighted by atomic mass is 16.6. The van der Waals surface area contributed by atoms with E-state index in [1.165, 1.54) is 14.0 Å². The Morgan fingerprint density at radius 1 is 1.38 bits per heavy atom. The van der Waals surface area contributed by atoms with Crippen LogP contribution in [0.5, 0.6) is 0 Å². The zero-order valence-electron chi connectivity index (χ0n) is 10.6. The van der Waals surface area contributed by atoms with Crippen molar-refractivity contribution in [1.82, 2.24) is 10.7 Å². The number of carbonyl (C=O) groups is 2. The summed E-state index contributed by atoms with van der Waals surface area (Å²) in [6, 6.07) is 0. The van der Waals surface area contributed by atoms with Crippen molar-refractivity contribution < 1.29 is 14.4 Å². The van der Waals surface area contributed by atoms with E-state index in [1.54, 1.807) is 7.05 Å². The highest BCUT2D eigenvalue weighted by Gasteiger charge is 1.72. The Kier molecular flexibility index (Phi) is 56.4. The first kappa shape index (κ1) is 23.7. The number of hydrogen-bond donors (Lipinski definition) is 2. The summed E-state index contributed by atoms with van der Waals surface area (Å²) in [5, 5.41) is 8.36. The fourth-order valence-corrected chi connectivity index (χ4v) is 0.0373. The van der Waals surface area contributed by atoms with Gasteiger partial charge in [-0.3, -0.25) is 15.0 Å². The van der Waals surface area contributed by atoms with Crippen LogP contribution in [-0.4, -0.2) is 39.9 Å². The van der Waals surface area contributed by atoms with Gasteiger partial charge < -0.3 is 10.2 Å². The van der Waals surface area contributed by atoms with E-state index in [9.17, 15) is 4.79 Å². The lowest BCUT2D eigenvalue weighted by molar-refractivity contribution is -0.118. The van der Waals surface area contributed by atoms with Gasteiger partial charge in [-0.15, -0.1) is 5.16 Å². The third-order valence-corrected chi connectivity index (χ3v) is 0.625. The molecule has 0 unspecified atom stereocenters. The lowest BCUT2D eigenvalue weighted by Crippen LogP contribution is -2.11. The molecule has 0 aromatic carbocycles. The third kappa shape index (κ3) is 156. The minimum atomic E-state index is 0.00463. The molecule has 0 radical (unpaired) electrons.